The fourth-order valence-corrected chi connectivity index (χ4v) is 4.88. The Labute approximate surface area is 184 Å². The van der Waals surface area contributed by atoms with E-state index < -0.39 is 0 Å². The summed E-state index contributed by atoms with van der Waals surface area (Å²) in [5, 5.41) is 0.918. The van der Waals surface area contributed by atoms with Crippen LogP contribution >= 0.6 is 11.8 Å². The lowest BCUT2D eigenvalue weighted by atomic mass is 10.1. The number of thioether (sulfide) groups is 1. The van der Waals surface area contributed by atoms with Gasteiger partial charge in [0.15, 0.2) is 5.16 Å². The van der Waals surface area contributed by atoms with Crippen molar-refractivity contribution in [2.45, 2.75) is 43.3 Å². The molecular weight excluding hydrogens is 408 g/mol. The van der Waals surface area contributed by atoms with Crippen LogP contribution in [0.1, 0.15) is 24.1 Å². The summed E-state index contributed by atoms with van der Waals surface area (Å²) < 4.78 is 9.74. The molecule has 7 heteroatoms. The minimum Gasteiger partial charge on any atom is -0.376 e. The van der Waals surface area contributed by atoms with Gasteiger partial charge in [-0.25, -0.2) is 9.97 Å². The molecule has 0 radical (unpaired) electrons. The first-order valence-corrected chi connectivity index (χ1v) is 11.5. The van der Waals surface area contributed by atoms with E-state index in [1.807, 2.05) is 43.5 Å². The zero-order valence-electron chi connectivity index (χ0n) is 17.4. The summed E-state index contributed by atoms with van der Waals surface area (Å²) in [4.78, 5) is 22.0. The van der Waals surface area contributed by atoms with Gasteiger partial charge in [0.2, 0.25) is 0 Å². The predicted octanol–water partition coefficient (Wildman–Crippen LogP) is 4.34. The van der Waals surface area contributed by atoms with Crippen LogP contribution in [0.2, 0.25) is 0 Å². The van der Waals surface area contributed by atoms with Crippen LogP contribution in [0.15, 0.2) is 70.9 Å². The molecule has 0 unspecified atom stereocenters. The van der Waals surface area contributed by atoms with E-state index in [0.29, 0.717) is 11.4 Å². The van der Waals surface area contributed by atoms with Gasteiger partial charge < -0.3 is 9.30 Å². The minimum absolute atomic E-state index is 0.0584. The fourth-order valence-electron chi connectivity index (χ4n) is 4.00. The first-order valence-electron chi connectivity index (χ1n) is 10.5. The molecule has 4 aromatic rings. The molecule has 1 saturated heterocycles. The molecular formula is C24H24N4O2S. The quantitative estimate of drug-likeness (QED) is 0.424. The summed E-state index contributed by atoms with van der Waals surface area (Å²) in [5.74, 6) is 0.580. The molecule has 0 bridgehead atoms. The highest BCUT2D eigenvalue weighted by atomic mass is 32.2. The van der Waals surface area contributed by atoms with Crippen molar-refractivity contribution in [3.63, 3.8) is 0 Å². The van der Waals surface area contributed by atoms with Gasteiger partial charge in [0, 0.05) is 24.6 Å². The van der Waals surface area contributed by atoms with E-state index in [9.17, 15) is 4.79 Å². The summed E-state index contributed by atoms with van der Waals surface area (Å²) in [5.41, 5.74) is 4.61. The van der Waals surface area contributed by atoms with Crippen molar-refractivity contribution < 1.29 is 4.74 Å². The van der Waals surface area contributed by atoms with E-state index in [2.05, 4.69) is 16.7 Å². The molecule has 31 heavy (non-hydrogen) atoms. The van der Waals surface area contributed by atoms with Crippen molar-refractivity contribution >= 4 is 17.4 Å². The molecule has 158 valence electrons. The van der Waals surface area contributed by atoms with E-state index in [4.69, 9.17) is 14.7 Å². The second-order valence-electron chi connectivity index (χ2n) is 7.80. The number of pyridine rings is 1. The molecule has 1 atom stereocenters. The van der Waals surface area contributed by atoms with Crippen molar-refractivity contribution in [1.82, 2.24) is 18.9 Å². The first-order chi connectivity index (χ1) is 15.2. The molecule has 1 aliphatic heterocycles. The molecule has 0 N–H and O–H groups in total. The van der Waals surface area contributed by atoms with Crippen LogP contribution in [-0.4, -0.2) is 31.6 Å². The van der Waals surface area contributed by atoms with Gasteiger partial charge in [-0.1, -0.05) is 48.2 Å². The van der Waals surface area contributed by atoms with Crippen molar-refractivity contribution in [3.8, 4) is 11.3 Å². The lowest BCUT2D eigenvalue weighted by molar-refractivity contribution is 0.0954. The number of hydrogen-bond acceptors (Lipinski definition) is 5. The number of aryl methyl sites for hydroxylation is 1. The van der Waals surface area contributed by atoms with Gasteiger partial charge >= 0.3 is 0 Å². The molecule has 0 amide bonds. The summed E-state index contributed by atoms with van der Waals surface area (Å²) in [6, 6.07) is 15.8. The Kier molecular flexibility index (Phi) is 5.61. The third kappa shape index (κ3) is 4.16. The lowest BCUT2D eigenvalue weighted by Gasteiger charge is -2.16. The maximum atomic E-state index is 12.5. The molecule has 1 aromatic carbocycles. The highest BCUT2D eigenvalue weighted by Crippen LogP contribution is 2.29. The maximum absolute atomic E-state index is 12.5. The topological polar surface area (TPSA) is 61.4 Å². The lowest BCUT2D eigenvalue weighted by Crippen LogP contribution is -2.17. The molecule has 0 saturated carbocycles. The molecule has 1 aliphatic rings. The molecule has 4 heterocycles. The van der Waals surface area contributed by atoms with Gasteiger partial charge in [-0.3, -0.25) is 9.20 Å². The second-order valence-corrected chi connectivity index (χ2v) is 8.74. The standard InChI is InChI=1S/C24H24N4O2S/c1-17-7-5-11-27-22(29)13-19(26-23(17)27)16-31-24-25-14-21(18-8-3-2-4-9-18)28(24)15-20-10-6-12-30-20/h2-5,7-9,11,13-14,20H,6,10,12,15-16H2,1H3/t20-/m1/s1. The van der Waals surface area contributed by atoms with Gasteiger partial charge in [-0.05, 0) is 37.0 Å². The molecule has 6 nitrogen and oxygen atoms in total. The Balaban J connectivity index is 1.45. The average Bonchev–Trinajstić information content (AvgIpc) is 3.44. The van der Waals surface area contributed by atoms with Gasteiger partial charge in [0.1, 0.15) is 5.65 Å². The Hall–Kier alpha value is -2.90. The third-order valence-corrected chi connectivity index (χ3v) is 6.61. The highest BCUT2D eigenvalue weighted by Gasteiger charge is 2.21. The van der Waals surface area contributed by atoms with Crippen LogP contribution < -0.4 is 5.56 Å². The predicted molar refractivity (Wildman–Crippen MR) is 122 cm³/mol. The molecule has 0 spiro atoms. The van der Waals surface area contributed by atoms with Crippen molar-refractivity contribution in [2.24, 2.45) is 0 Å². The van der Waals surface area contributed by atoms with Crippen molar-refractivity contribution in [1.29, 1.82) is 0 Å². The smallest absolute Gasteiger partial charge is 0.258 e. The van der Waals surface area contributed by atoms with Crippen LogP contribution in [0.3, 0.4) is 0 Å². The molecule has 1 fully saturated rings. The van der Waals surface area contributed by atoms with Gasteiger partial charge in [-0.15, -0.1) is 0 Å². The number of fused-ring (bicyclic) bond motifs is 1. The van der Waals surface area contributed by atoms with Crippen molar-refractivity contribution in [3.05, 3.63) is 82.5 Å². The van der Waals surface area contributed by atoms with E-state index in [1.165, 1.54) is 0 Å². The molecule has 5 rings (SSSR count). The maximum Gasteiger partial charge on any atom is 0.258 e. The van der Waals surface area contributed by atoms with Crippen molar-refractivity contribution in [2.75, 3.05) is 6.61 Å². The number of aromatic nitrogens is 4. The summed E-state index contributed by atoms with van der Waals surface area (Å²) in [6.07, 6.45) is 6.07. The second kappa shape index (κ2) is 8.69. The van der Waals surface area contributed by atoms with Crippen LogP contribution in [0.5, 0.6) is 0 Å². The van der Waals surface area contributed by atoms with Gasteiger partial charge in [0.05, 0.1) is 30.2 Å². The van der Waals surface area contributed by atoms with Gasteiger partial charge in [0.25, 0.3) is 5.56 Å². The summed E-state index contributed by atoms with van der Waals surface area (Å²) in [6.45, 7) is 3.57. The molecule has 3 aromatic heterocycles. The van der Waals surface area contributed by atoms with E-state index in [1.54, 1.807) is 28.4 Å². The Morgan fingerprint density at radius 2 is 2.06 bits per heavy atom. The largest absolute Gasteiger partial charge is 0.376 e. The number of ether oxygens (including phenoxy) is 1. The first kappa shape index (κ1) is 20.0. The Bertz CT molecular complexity index is 1260. The van der Waals surface area contributed by atoms with Crippen LogP contribution in [0, 0.1) is 6.92 Å². The Morgan fingerprint density at radius 1 is 1.19 bits per heavy atom. The monoisotopic (exact) mass is 432 g/mol. The number of imidazole rings is 1. The number of hydrogen-bond donors (Lipinski definition) is 0. The van der Waals surface area contributed by atoms with Gasteiger partial charge in [-0.2, -0.15) is 0 Å². The third-order valence-electron chi connectivity index (χ3n) is 5.59. The number of benzene rings is 1. The van der Waals surface area contributed by atoms with E-state index >= 15 is 0 Å². The summed E-state index contributed by atoms with van der Waals surface area (Å²) in [7, 11) is 0. The average molecular weight is 433 g/mol. The highest BCUT2D eigenvalue weighted by molar-refractivity contribution is 7.98. The summed E-state index contributed by atoms with van der Waals surface area (Å²) >= 11 is 1.61. The van der Waals surface area contributed by atoms with Crippen LogP contribution in [-0.2, 0) is 17.0 Å². The SMILES string of the molecule is Cc1cccn2c(=O)cc(CSc3ncc(-c4ccccc4)n3C[C@H]3CCCO3)nc12. The number of nitrogens with zero attached hydrogens (tertiary/aromatic N) is 4. The van der Waals surface area contributed by atoms with Crippen LogP contribution in [0.4, 0.5) is 0 Å². The zero-order chi connectivity index (χ0) is 21.2. The van der Waals surface area contributed by atoms with E-state index in [-0.39, 0.29) is 11.7 Å². The van der Waals surface area contributed by atoms with Crippen LogP contribution in [0.25, 0.3) is 16.9 Å². The minimum atomic E-state index is -0.0584. The molecule has 0 aliphatic carbocycles. The number of rotatable bonds is 6. The van der Waals surface area contributed by atoms with E-state index in [0.717, 1.165) is 53.7 Å². The Morgan fingerprint density at radius 3 is 2.87 bits per heavy atom. The fraction of sp³-hybridized carbons (Fsp3) is 0.292. The normalized spacial score (nSPS) is 16.2. The zero-order valence-corrected chi connectivity index (χ0v) is 18.2.